The number of carboxylic acids is 1. The van der Waals surface area contributed by atoms with Crippen LogP contribution in [0.15, 0.2) is 28.8 Å². The number of hydrogen-bond donors (Lipinski definition) is 3. The average molecular weight is 387 g/mol. The molecule has 0 fully saturated rings. The average Bonchev–Trinajstić information content (AvgIpc) is 3.13. The Morgan fingerprint density at radius 3 is 2.86 bits per heavy atom. The highest BCUT2D eigenvalue weighted by Gasteiger charge is 2.27. The van der Waals surface area contributed by atoms with Crippen molar-refractivity contribution in [2.75, 3.05) is 17.7 Å². The van der Waals surface area contributed by atoms with Crippen molar-refractivity contribution < 1.29 is 28.6 Å². The number of aliphatic carboxylic acids is 1. The van der Waals surface area contributed by atoms with Crippen molar-refractivity contribution in [3.63, 3.8) is 0 Å². The second kappa shape index (κ2) is 8.12. The van der Waals surface area contributed by atoms with E-state index in [9.17, 15) is 19.5 Å². The topological polar surface area (TPSA) is 131 Å². The number of aromatic nitrogens is 1. The summed E-state index contributed by atoms with van der Waals surface area (Å²) in [6.07, 6.45) is 2.20. The summed E-state index contributed by atoms with van der Waals surface area (Å²) in [5.41, 5.74) is 1.37. The van der Waals surface area contributed by atoms with Crippen LogP contribution < -0.4 is 10.6 Å². The fraction of sp³-hybridized carbons (Fsp3) is 0.368. The molecule has 0 saturated heterocycles. The van der Waals surface area contributed by atoms with Crippen LogP contribution in [-0.4, -0.2) is 35.2 Å². The zero-order chi connectivity index (χ0) is 20.3. The molecule has 1 aromatic heterocycles. The summed E-state index contributed by atoms with van der Waals surface area (Å²) in [5, 5.41) is 14.9. The Morgan fingerprint density at radius 1 is 1.36 bits per heavy atom. The minimum atomic E-state index is -1.01. The molecule has 1 aromatic carbocycles. The number of anilines is 2. The molecule has 9 heteroatoms. The molecular weight excluding hydrogens is 366 g/mol. The first-order chi connectivity index (χ1) is 13.4. The number of carboxylic acid groups (broad SMARTS) is 1. The first-order valence-corrected chi connectivity index (χ1v) is 8.87. The van der Waals surface area contributed by atoms with Gasteiger partial charge in [0.25, 0.3) is 0 Å². The van der Waals surface area contributed by atoms with Gasteiger partial charge in [-0.05, 0) is 31.0 Å². The highest BCUT2D eigenvalue weighted by atomic mass is 16.5. The van der Waals surface area contributed by atoms with Gasteiger partial charge < -0.3 is 19.6 Å². The van der Waals surface area contributed by atoms with Gasteiger partial charge in [0.05, 0.1) is 19.0 Å². The van der Waals surface area contributed by atoms with Crippen molar-refractivity contribution in [1.29, 1.82) is 0 Å². The van der Waals surface area contributed by atoms with E-state index in [-0.39, 0.29) is 17.7 Å². The molecule has 2 atom stereocenters. The summed E-state index contributed by atoms with van der Waals surface area (Å²) in [7, 11) is 1.25. The SMILES string of the molecule is COC(=O)Nc1ccc2c(c1)NC(=O)[C@H](C)CCCC(C(=O)O)c1ncc-2o1. The summed E-state index contributed by atoms with van der Waals surface area (Å²) < 4.78 is 10.3. The summed E-state index contributed by atoms with van der Waals surface area (Å²) >= 11 is 0. The first kappa shape index (κ1) is 19.4. The second-order valence-corrected chi connectivity index (χ2v) is 6.65. The van der Waals surface area contributed by atoms with Gasteiger partial charge in [0, 0.05) is 17.2 Å². The van der Waals surface area contributed by atoms with Crippen LogP contribution in [0.1, 0.15) is 38.0 Å². The number of ether oxygens (including phenoxy) is 1. The quantitative estimate of drug-likeness (QED) is 0.719. The fourth-order valence-corrected chi connectivity index (χ4v) is 3.05. The summed E-state index contributed by atoms with van der Waals surface area (Å²) in [5.74, 6) is -1.94. The van der Waals surface area contributed by atoms with Gasteiger partial charge in [-0.15, -0.1) is 0 Å². The Balaban J connectivity index is 2.06. The number of hydrogen-bond acceptors (Lipinski definition) is 6. The Bertz CT molecular complexity index is 907. The normalized spacial score (nSPS) is 19.4. The molecule has 2 amide bonds. The predicted octanol–water partition coefficient (Wildman–Crippen LogP) is 3.45. The molecule has 0 saturated carbocycles. The monoisotopic (exact) mass is 387 g/mol. The van der Waals surface area contributed by atoms with Crippen LogP contribution in [0.2, 0.25) is 0 Å². The molecule has 148 valence electrons. The van der Waals surface area contributed by atoms with Crippen molar-refractivity contribution in [1.82, 2.24) is 4.98 Å². The zero-order valence-corrected chi connectivity index (χ0v) is 15.5. The van der Waals surface area contributed by atoms with Crippen molar-refractivity contribution in [2.45, 2.75) is 32.1 Å². The summed E-state index contributed by atoms with van der Waals surface area (Å²) in [6, 6.07) is 4.85. The molecule has 9 nitrogen and oxygen atoms in total. The number of amides is 2. The molecule has 3 rings (SSSR count). The number of fused-ring (bicyclic) bond motifs is 4. The molecule has 1 aliphatic rings. The lowest BCUT2D eigenvalue weighted by Crippen LogP contribution is -2.22. The third kappa shape index (κ3) is 4.13. The van der Waals surface area contributed by atoms with Gasteiger partial charge in [-0.2, -0.15) is 0 Å². The lowest BCUT2D eigenvalue weighted by molar-refractivity contribution is -0.139. The van der Waals surface area contributed by atoms with E-state index in [0.717, 1.165) is 0 Å². The van der Waals surface area contributed by atoms with E-state index in [1.165, 1.54) is 13.3 Å². The van der Waals surface area contributed by atoms with Gasteiger partial charge in [0.2, 0.25) is 11.8 Å². The maximum Gasteiger partial charge on any atom is 0.411 e. The molecule has 28 heavy (non-hydrogen) atoms. The highest BCUT2D eigenvalue weighted by molar-refractivity contribution is 5.98. The van der Waals surface area contributed by atoms with Gasteiger partial charge in [-0.3, -0.25) is 14.9 Å². The Morgan fingerprint density at radius 2 is 2.14 bits per heavy atom. The molecule has 3 N–H and O–H groups in total. The molecule has 2 heterocycles. The van der Waals surface area contributed by atoms with Crippen LogP contribution in [0, 0.1) is 5.92 Å². The van der Waals surface area contributed by atoms with Crippen molar-refractivity contribution >= 4 is 29.3 Å². The number of oxazole rings is 1. The number of nitrogens with zero attached hydrogens (tertiary/aromatic N) is 1. The van der Waals surface area contributed by atoms with E-state index in [0.29, 0.717) is 42.0 Å². The third-order valence-corrected chi connectivity index (χ3v) is 4.67. The van der Waals surface area contributed by atoms with E-state index in [2.05, 4.69) is 20.4 Å². The maximum atomic E-state index is 12.6. The molecule has 0 spiro atoms. The second-order valence-electron chi connectivity index (χ2n) is 6.65. The minimum absolute atomic E-state index is 0.129. The number of benzene rings is 1. The van der Waals surface area contributed by atoms with Crippen LogP contribution in [0.5, 0.6) is 0 Å². The zero-order valence-electron chi connectivity index (χ0n) is 15.5. The van der Waals surface area contributed by atoms with Crippen molar-refractivity contribution in [2.24, 2.45) is 5.92 Å². The Labute approximate surface area is 161 Å². The molecule has 0 radical (unpaired) electrons. The smallest absolute Gasteiger partial charge is 0.411 e. The largest absolute Gasteiger partial charge is 0.481 e. The van der Waals surface area contributed by atoms with Crippen LogP contribution >= 0.6 is 0 Å². The van der Waals surface area contributed by atoms with E-state index < -0.39 is 18.0 Å². The van der Waals surface area contributed by atoms with Gasteiger partial charge in [0.1, 0.15) is 5.92 Å². The number of carbonyl (C=O) groups is 3. The van der Waals surface area contributed by atoms with Crippen LogP contribution in [0.3, 0.4) is 0 Å². The Hall–Kier alpha value is -3.36. The molecule has 2 bridgehead atoms. The fourth-order valence-electron chi connectivity index (χ4n) is 3.05. The van der Waals surface area contributed by atoms with Gasteiger partial charge in [-0.1, -0.05) is 13.3 Å². The standard InChI is InChI=1S/C19H21N3O6/c1-10-4-3-5-13(18(24)25)17-20-9-15(28-17)12-7-6-11(21-19(26)27-2)8-14(12)22-16(10)23/h6-10,13H,3-5H2,1-2H3,(H,21,26)(H,22,23)(H,24,25)/t10-,13?/m1/s1. The summed E-state index contributed by atoms with van der Waals surface area (Å²) in [4.78, 5) is 39.8. The molecule has 2 aromatic rings. The Kier molecular flexibility index (Phi) is 5.62. The molecule has 0 aliphatic carbocycles. The van der Waals surface area contributed by atoms with Gasteiger partial charge in [0.15, 0.2) is 5.76 Å². The van der Waals surface area contributed by atoms with E-state index >= 15 is 0 Å². The van der Waals surface area contributed by atoms with Gasteiger partial charge >= 0.3 is 12.1 Å². The van der Waals surface area contributed by atoms with Gasteiger partial charge in [-0.25, -0.2) is 9.78 Å². The van der Waals surface area contributed by atoms with E-state index in [1.54, 1.807) is 25.1 Å². The lowest BCUT2D eigenvalue weighted by atomic mass is 9.96. The van der Waals surface area contributed by atoms with Crippen molar-refractivity contribution in [3.8, 4) is 11.3 Å². The van der Waals surface area contributed by atoms with E-state index in [1.807, 2.05) is 0 Å². The number of rotatable bonds is 2. The number of carbonyl (C=O) groups excluding carboxylic acids is 2. The van der Waals surface area contributed by atoms with Crippen LogP contribution in [0.25, 0.3) is 11.3 Å². The third-order valence-electron chi connectivity index (χ3n) is 4.67. The molecule has 1 aliphatic heterocycles. The van der Waals surface area contributed by atoms with E-state index in [4.69, 9.17) is 4.42 Å². The number of nitrogens with one attached hydrogen (secondary N) is 2. The first-order valence-electron chi connectivity index (χ1n) is 8.87. The van der Waals surface area contributed by atoms with Crippen molar-refractivity contribution in [3.05, 3.63) is 30.3 Å². The summed E-state index contributed by atoms with van der Waals surface area (Å²) in [6.45, 7) is 1.79. The van der Waals surface area contributed by atoms with Crippen LogP contribution in [-0.2, 0) is 14.3 Å². The maximum absolute atomic E-state index is 12.6. The number of methoxy groups -OCH3 is 1. The molecule has 1 unspecified atom stereocenters. The predicted molar refractivity (Wildman–Crippen MR) is 100.0 cm³/mol. The molecular formula is C19H21N3O6. The lowest BCUT2D eigenvalue weighted by Gasteiger charge is -2.17. The minimum Gasteiger partial charge on any atom is -0.481 e. The highest BCUT2D eigenvalue weighted by Crippen LogP contribution is 2.35. The van der Waals surface area contributed by atoms with Crippen LogP contribution in [0.4, 0.5) is 16.2 Å².